The molecule has 0 radical (unpaired) electrons. The number of hydrogen-bond acceptors (Lipinski definition) is 2. The van der Waals surface area contributed by atoms with Gasteiger partial charge in [-0.05, 0) is 35.6 Å². The zero-order valence-electron chi connectivity index (χ0n) is 12.1. The van der Waals surface area contributed by atoms with Gasteiger partial charge < -0.3 is 4.74 Å². The highest BCUT2D eigenvalue weighted by Gasteiger charge is 2.06. The summed E-state index contributed by atoms with van der Waals surface area (Å²) in [6.45, 7) is 4.70. The summed E-state index contributed by atoms with van der Waals surface area (Å²) in [5.74, 6) is 0.908. The third-order valence-electron chi connectivity index (χ3n) is 3.48. The van der Waals surface area contributed by atoms with Gasteiger partial charge in [0.25, 0.3) is 0 Å². The van der Waals surface area contributed by atoms with Gasteiger partial charge in [-0.25, -0.2) is 0 Å². The van der Waals surface area contributed by atoms with Gasteiger partial charge in [0.05, 0.1) is 0 Å². The highest BCUT2D eigenvalue weighted by Crippen LogP contribution is 2.22. The van der Waals surface area contributed by atoms with Crippen LogP contribution in [0.2, 0.25) is 0 Å². The number of aryl methyl sites for hydroxylation is 2. The minimum Gasteiger partial charge on any atom is -0.489 e. The number of ether oxygens (including phenoxy) is 1. The number of benzene rings is 2. The van der Waals surface area contributed by atoms with Crippen LogP contribution in [0.5, 0.6) is 5.75 Å². The minimum atomic E-state index is 0.424. The molecule has 20 heavy (non-hydrogen) atoms. The van der Waals surface area contributed by atoms with E-state index in [4.69, 9.17) is 4.74 Å². The molecular weight excluding hydrogens is 248 g/mol. The smallest absolute Gasteiger partial charge is 0.150 e. The summed E-state index contributed by atoms with van der Waals surface area (Å²) in [5.41, 5.74) is 4.15. The first-order valence-corrected chi connectivity index (χ1v) is 7.06. The molecule has 0 aromatic heterocycles. The molecule has 0 atom stereocenters. The molecule has 0 spiro atoms. The molecule has 2 aromatic rings. The predicted octanol–water partition coefficient (Wildman–Crippen LogP) is 4.20. The third-order valence-corrected chi connectivity index (χ3v) is 3.48. The highest BCUT2D eigenvalue weighted by atomic mass is 16.5. The Morgan fingerprint density at radius 2 is 1.80 bits per heavy atom. The predicted molar refractivity (Wildman–Crippen MR) is 81.4 cm³/mol. The quantitative estimate of drug-likeness (QED) is 0.734. The summed E-state index contributed by atoms with van der Waals surface area (Å²) in [7, 11) is 0. The Morgan fingerprint density at radius 3 is 2.50 bits per heavy atom. The van der Waals surface area contributed by atoms with E-state index in [-0.39, 0.29) is 0 Å². The van der Waals surface area contributed by atoms with Gasteiger partial charge in [0, 0.05) is 5.56 Å². The van der Waals surface area contributed by atoms with Gasteiger partial charge in [-0.15, -0.1) is 0 Å². The minimum absolute atomic E-state index is 0.424. The largest absolute Gasteiger partial charge is 0.489 e. The molecule has 2 heteroatoms. The molecule has 0 aliphatic carbocycles. The Labute approximate surface area is 120 Å². The summed E-state index contributed by atoms with van der Waals surface area (Å²) in [5, 5.41) is 0. The number of hydrogen-bond donors (Lipinski definition) is 0. The van der Waals surface area contributed by atoms with Crippen molar-refractivity contribution in [1.29, 1.82) is 0 Å². The molecule has 0 aliphatic rings. The van der Waals surface area contributed by atoms with E-state index in [1.807, 2.05) is 30.3 Å². The fourth-order valence-electron chi connectivity index (χ4n) is 2.21. The maximum atomic E-state index is 11.0. The van der Waals surface area contributed by atoms with Crippen LogP contribution in [0.1, 0.15) is 40.9 Å². The van der Waals surface area contributed by atoms with Gasteiger partial charge in [0.15, 0.2) is 0 Å². The van der Waals surface area contributed by atoms with Crippen molar-refractivity contribution < 1.29 is 9.53 Å². The van der Waals surface area contributed by atoms with Crippen LogP contribution in [0.15, 0.2) is 42.5 Å². The van der Waals surface area contributed by atoms with Gasteiger partial charge in [0.2, 0.25) is 0 Å². The number of carbonyl (C=O) groups excluding carboxylic acids is 1. The van der Waals surface area contributed by atoms with Crippen LogP contribution >= 0.6 is 0 Å². The first-order chi connectivity index (χ1) is 9.78. The Bertz CT molecular complexity index is 588. The van der Waals surface area contributed by atoms with E-state index in [0.717, 1.165) is 30.4 Å². The summed E-state index contributed by atoms with van der Waals surface area (Å²) < 4.78 is 5.90. The Kier molecular flexibility index (Phi) is 4.94. The van der Waals surface area contributed by atoms with Crippen molar-refractivity contribution in [2.75, 3.05) is 0 Å². The van der Waals surface area contributed by atoms with Crippen molar-refractivity contribution in [3.05, 3.63) is 64.7 Å². The molecule has 104 valence electrons. The van der Waals surface area contributed by atoms with Crippen LogP contribution in [0.4, 0.5) is 0 Å². The monoisotopic (exact) mass is 268 g/mol. The van der Waals surface area contributed by atoms with E-state index >= 15 is 0 Å². The van der Waals surface area contributed by atoms with Crippen molar-refractivity contribution in [3.63, 3.8) is 0 Å². The normalized spacial score (nSPS) is 10.3. The van der Waals surface area contributed by atoms with Crippen molar-refractivity contribution in [2.24, 2.45) is 0 Å². The van der Waals surface area contributed by atoms with Gasteiger partial charge >= 0.3 is 0 Å². The molecule has 0 saturated heterocycles. The SMILES string of the molecule is CCc1ccc(OCc2ccccc2C=O)c(CC)c1. The van der Waals surface area contributed by atoms with Crippen LogP contribution in [0, 0.1) is 0 Å². The Balaban J connectivity index is 2.16. The zero-order valence-corrected chi connectivity index (χ0v) is 12.1. The van der Waals surface area contributed by atoms with Crippen molar-refractivity contribution >= 4 is 6.29 Å². The van der Waals surface area contributed by atoms with Gasteiger partial charge in [-0.2, -0.15) is 0 Å². The molecule has 0 bridgehead atoms. The number of aldehydes is 1. The molecule has 2 aromatic carbocycles. The summed E-state index contributed by atoms with van der Waals surface area (Å²) in [4.78, 5) is 11.0. The second-order valence-corrected chi connectivity index (χ2v) is 4.75. The molecule has 0 saturated carbocycles. The molecule has 0 aliphatic heterocycles. The molecule has 0 amide bonds. The Morgan fingerprint density at radius 1 is 1.00 bits per heavy atom. The van der Waals surface area contributed by atoms with E-state index in [9.17, 15) is 4.79 Å². The molecule has 2 nitrogen and oxygen atoms in total. The molecular formula is C18H20O2. The van der Waals surface area contributed by atoms with Crippen LogP contribution in [0.3, 0.4) is 0 Å². The van der Waals surface area contributed by atoms with E-state index in [2.05, 4.69) is 26.0 Å². The van der Waals surface area contributed by atoms with Crippen molar-refractivity contribution in [1.82, 2.24) is 0 Å². The average Bonchev–Trinajstić information content (AvgIpc) is 2.52. The van der Waals surface area contributed by atoms with E-state index in [1.165, 1.54) is 11.1 Å². The second-order valence-electron chi connectivity index (χ2n) is 4.75. The average molecular weight is 268 g/mol. The van der Waals surface area contributed by atoms with E-state index in [1.54, 1.807) is 0 Å². The standard InChI is InChI=1S/C18H20O2/c1-3-14-9-10-18(15(4-2)11-14)20-13-17-8-6-5-7-16(17)12-19/h5-12H,3-4,13H2,1-2H3. The molecule has 0 N–H and O–H groups in total. The van der Waals surface area contributed by atoms with Crippen molar-refractivity contribution in [3.8, 4) is 5.75 Å². The lowest BCUT2D eigenvalue weighted by Crippen LogP contribution is -2.01. The van der Waals surface area contributed by atoms with E-state index in [0.29, 0.717) is 12.2 Å². The summed E-state index contributed by atoms with van der Waals surface area (Å²) in [6.07, 6.45) is 2.85. The third kappa shape index (κ3) is 3.27. The summed E-state index contributed by atoms with van der Waals surface area (Å²) in [6, 6.07) is 13.8. The fraction of sp³-hybridized carbons (Fsp3) is 0.278. The highest BCUT2D eigenvalue weighted by molar-refractivity contribution is 5.77. The van der Waals surface area contributed by atoms with Gasteiger partial charge in [-0.3, -0.25) is 4.79 Å². The summed E-state index contributed by atoms with van der Waals surface area (Å²) >= 11 is 0. The van der Waals surface area contributed by atoms with Gasteiger partial charge in [0.1, 0.15) is 18.6 Å². The lowest BCUT2D eigenvalue weighted by atomic mass is 10.1. The molecule has 0 unspecified atom stereocenters. The fourth-order valence-corrected chi connectivity index (χ4v) is 2.21. The van der Waals surface area contributed by atoms with Crippen LogP contribution in [-0.2, 0) is 19.4 Å². The van der Waals surface area contributed by atoms with Crippen LogP contribution in [-0.4, -0.2) is 6.29 Å². The first kappa shape index (κ1) is 14.3. The maximum absolute atomic E-state index is 11.0. The second kappa shape index (κ2) is 6.90. The van der Waals surface area contributed by atoms with Crippen molar-refractivity contribution in [2.45, 2.75) is 33.3 Å². The number of rotatable bonds is 6. The lowest BCUT2D eigenvalue weighted by molar-refractivity contribution is 0.112. The Hall–Kier alpha value is -2.09. The maximum Gasteiger partial charge on any atom is 0.150 e. The van der Waals surface area contributed by atoms with Crippen LogP contribution < -0.4 is 4.74 Å². The van der Waals surface area contributed by atoms with E-state index < -0.39 is 0 Å². The zero-order chi connectivity index (χ0) is 14.4. The first-order valence-electron chi connectivity index (χ1n) is 7.06. The topological polar surface area (TPSA) is 26.3 Å². The van der Waals surface area contributed by atoms with Gasteiger partial charge in [-0.1, -0.05) is 50.2 Å². The molecule has 0 fully saturated rings. The number of carbonyl (C=O) groups is 1. The lowest BCUT2D eigenvalue weighted by Gasteiger charge is -2.12. The molecule has 0 heterocycles. The molecule has 2 rings (SSSR count). The van der Waals surface area contributed by atoms with Crippen LogP contribution in [0.25, 0.3) is 0 Å².